The first-order valence-corrected chi connectivity index (χ1v) is 9.46. The number of carbonyl (C=O) groups excluding carboxylic acids is 1. The van der Waals surface area contributed by atoms with Crippen LogP contribution in [0.3, 0.4) is 0 Å². The summed E-state index contributed by atoms with van der Waals surface area (Å²) in [5.41, 5.74) is 11.7. The van der Waals surface area contributed by atoms with Crippen molar-refractivity contribution >= 4 is 45.6 Å². The van der Waals surface area contributed by atoms with Gasteiger partial charge in [0, 0.05) is 21.0 Å². The number of hydrogen-bond donors (Lipinski definition) is 1. The molecule has 1 aromatic heterocycles. The lowest BCUT2D eigenvalue weighted by atomic mass is 10.0. The number of nitrogen functional groups attached to an aromatic ring is 1. The number of esters is 1. The molecule has 26 heavy (non-hydrogen) atoms. The lowest BCUT2D eigenvalue weighted by Gasteiger charge is -2.05. The molecular weight excluding hydrogens is 366 g/mol. The predicted octanol–water partition coefficient (Wildman–Crippen LogP) is 5.73. The molecule has 0 spiro atoms. The van der Waals surface area contributed by atoms with Crippen LogP contribution in [0.2, 0.25) is 5.02 Å². The third-order valence-electron chi connectivity index (χ3n) is 4.33. The van der Waals surface area contributed by atoms with Crippen molar-refractivity contribution in [1.82, 2.24) is 0 Å². The summed E-state index contributed by atoms with van der Waals surface area (Å²) >= 11 is 7.42. The van der Waals surface area contributed by atoms with Gasteiger partial charge in [-0.3, -0.25) is 0 Å². The molecule has 0 saturated heterocycles. The van der Waals surface area contributed by atoms with Crippen LogP contribution in [0.4, 0.5) is 5.00 Å². The third kappa shape index (κ3) is 2.71. The first-order valence-electron chi connectivity index (χ1n) is 8.27. The molecular formula is C21H16ClNO2S. The van der Waals surface area contributed by atoms with E-state index < -0.39 is 0 Å². The Bertz CT molecular complexity index is 1030. The fourth-order valence-corrected chi connectivity index (χ4v) is 4.45. The van der Waals surface area contributed by atoms with Crippen LogP contribution in [-0.2, 0) is 4.74 Å². The van der Waals surface area contributed by atoms with E-state index in [9.17, 15) is 4.79 Å². The van der Waals surface area contributed by atoms with E-state index in [0.29, 0.717) is 22.2 Å². The Hall–Kier alpha value is -2.56. The first kappa shape index (κ1) is 16.9. The number of benzene rings is 2. The molecule has 0 aliphatic heterocycles. The van der Waals surface area contributed by atoms with Gasteiger partial charge in [-0.2, -0.15) is 0 Å². The highest BCUT2D eigenvalue weighted by molar-refractivity contribution is 7.18. The minimum atomic E-state index is -0.370. The van der Waals surface area contributed by atoms with Crippen LogP contribution in [-0.4, -0.2) is 12.6 Å². The Balaban J connectivity index is 1.94. The smallest absolute Gasteiger partial charge is 0.341 e. The van der Waals surface area contributed by atoms with Gasteiger partial charge in [0.05, 0.1) is 6.61 Å². The van der Waals surface area contributed by atoms with Crippen molar-refractivity contribution in [2.75, 3.05) is 12.3 Å². The van der Waals surface area contributed by atoms with Crippen LogP contribution < -0.4 is 5.73 Å². The zero-order valence-electron chi connectivity index (χ0n) is 14.1. The SMILES string of the molecule is CCOC(=O)c1c(N)sc2c1-c1ccccc1/C2=C\c1ccc(Cl)cc1. The van der Waals surface area contributed by atoms with E-state index in [2.05, 4.69) is 12.1 Å². The summed E-state index contributed by atoms with van der Waals surface area (Å²) in [7, 11) is 0. The van der Waals surface area contributed by atoms with Gasteiger partial charge in [-0.1, -0.05) is 48.0 Å². The van der Waals surface area contributed by atoms with Gasteiger partial charge in [0.15, 0.2) is 0 Å². The fourth-order valence-electron chi connectivity index (χ4n) is 3.23. The Kier molecular flexibility index (Phi) is 4.31. The van der Waals surface area contributed by atoms with E-state index in [1.54, 1.807) is 6.92 Å². The topological polar surface area (TPSA) is 52.3 Å². The zero-order valence-corrected chi connectivity index (χ0v) is 15.7. The standard InChI is InChI=1S/C21H16ClNO2S/c1-2-25-21(24)18-17-15-6-4-3-5-14(15)16(19(17)26-20(18)23)11-12-7-9-13(22)10-8-12/h3-11H,2,23H2,1H3/b16-11+. The number of fused-ring (bicyclic) bond motifs is 3. The molecule has 0 amide bonds. The van der Waals surface area contributed by atoms with Crippen LogP contribution >= 0.6 is 22.9 Å². The largest absolute Gasteiger partial charge is 0.462 e. The summed E-state index contributed by atoms with van der Waals surface area (Å²) in [6, 6.07) is 15.7. The zero-order chi connectivity index (χ0) is 18.3. The number of anilines is 1. The average molecular weight is 382 g/mol. The number of halogens is 1. The molecule has 130 valence electrons. The van der Waals surface area contributed by atoms with Crippen molar-refractivity contribution < 1.29 is 9.53 Å². The Morgan fingerprint density at radius 2 is 1.85 bits per heavy atom. The van der Waals surface area contributed by atoms with Gasteiger partial charge in [-0.25, -0.2) is 4.79 Å². The van der Waals surface area contributed by atoms with E-state index in [1.165, 1.54) is 11.3 Å². The maximum atomic E-state index is 12.5. The highest BCUT2D eigenvalue weighted by Crippen LogP contribution is 2.52. The Morgan fingerprint density at radius 1 is 1.15 bits per heavy atom. The molecule has 5 heteroatoms. The van der Waals surface area contributed by atoms with Gasteiger partial charge >= 0.3 is 5.97 Å². The molecule has 2 aromatic carbocycles. The molecule has 0 atom stereocenters. The Morgan fingerprint density at radius 3 is 2.54 bits per heavy atom. The second-order valence-electron chi connectivity index (χ2n) is 5.92. The van der Waals surface area contributed by atoms with Gasteiger partial charge in [0.25, 0.3) is 0 Å². The number of thiophene rings is 1. The average Bonchev–Trinajstić information content (AvgIpc) is 3.11. The van der Waals surface area contributed by atoms with Crippen molar-refractivity contribution in [2.24, 2.45) is 0 Å². The lowest BCUT2D eigenvalue weighted by molar-refractivity contribution is 0.0529. The van der Waals surface area contributed by atoms with Crippen LogP contribution in [0.1, 0.15) is 33.3 Å². The third-order valence-corrected chi connectivity index (χ3v) is 5.63. The van der Waals surface area contributed by atoms with Crippen molar-refractivity contribution in [3.63, 3.8) is 0 Å². The molecule has 0 fully saturated rings. The summed E-state index contributed by atoms with van der Waals surface area (Å²) in [6.07, 6.45) is 2.10. The summed E-state index contributed by atoms with van der Waals surface area (Å²) in [4.78, 5) is 13.5. The molecule has 2 N–H and O–H groups in total. The number of ether oxygens (including phenoxy) is 1. The van der Waals surface area contributed by atoms with E-state index in [1.807, 2.05) is 42.5 Å². The van der Waals surface area contributed by atoms with Gasteiger partial charge in [0.1, 0.15) is 10.6 Å². The Labute approximate surface area is 160 Å². The molecule has 3 nitrogen and oxygen atoms in total. The second kappa shape index (κ2) is 6.63. The fraction of sp³-hybridized carbons (Fsp3) is 0.0952. The first-order chi connectivity index (χ1) is 12.6. The van der Waals surface area contributed by atoms with E-state index in [-0.39, 0.29) is 5.97 Å². The molecule has 0 unspecified atom stereocenters. The lowest BCUT2D eigenvalue weighted by Crippen LogP contribution is -2.07. The summed E-state index contributed by atoms with van der Waals surface area (Å²) in [5, 5.41) is 1.19. The van der Waals surface area contributed by atoms with Gasteiger partial charge in [0.2, 0.25) is 0 Å². The maximum Gasteiger partial charge on any atom is 0.341 e. The van der Waals surface area contributed by atoms with Crippen molar-refractivity contribution in [3.8, 4) is 11.1 Å². The summed E-state index contributed by atoms with van der Waals surface area (Å²) in [6.45, 7) is 2.11. The van der Waals surface area contributed by atoms with Crippen molar-refractivity contribution in [2.45, 2.75) is 6.92 Å². The molecule has 1 heterocycles. The van der Waals surface area contributed by atoms with E-state index >= 15 is 0 Å². The molecule has 1 aliphatic rings. The molecule has 3 aromatic rings. The van der Waals surface area contributed by atoms with Gasteiger partial charge < -0.3 is 10.5 Å². The van der Waals surface area contributed by atoms with Crippen LogP contribution in [0, 0.1) is 0 Å². The summed E-state index contributed by atoms with van der Waals surface area (Å²) in [5.74, 6) is -0.370. The second-order valence-corrected chi connectivity index (χ2v) is 7.41. The van der Waals surface area contributed by atoms with E-state index in [4.69, 9.17) is 22.1 Å². The monoisotopic (exact) mass is 381 g/mol. The number of carbonyl (C=O) groups is 1. The number of nitrogens with two attached hydrogens (primary N) is 1. The van der Waals surface area contributed by atoms with Crippen LogP contribution in [0.15, 0.2) is 48.5 Å². The summed E-state index contributed by atoms with van der Waals surface area (Å²) < 4.78 is 5.23. The highest BCUT2D eigenvalue weighted by Gasteiger charge is 2.33. The molecule has 1 aliphatic carbocycles. The number of rotatable bonds is 3. The highest BCUT2D eigenvalue weighted by atomic mass is 35.5. The normalized spacial score (nSPS) is 13.5. The minimum absolute atomic E-state index is 0.317. The molecule has 0 bridgehead atoms. The maximum absolute atomic E-state index is 12.5. The van der Waals surface area contributed by atoms with Crippen molar-refractivity contribution in [1.29, 1.82) is 0 Å². The molecule has 0 saturated carbocycles. The number of hydrogen-bond acceptors (Lipinski definition) is 4. The van der Waals surface area contributed by atoms with Crippen LogP contribution in [0.5, 0.6) is 0 Å². The molecule has 4 rings (SSSR count). The van der Waals surface area contributed by atoms with Crippen molar-refractivity contribution in [3.05, 3.63) is 75.1 Å². The molecule has 0 radical (unpaired) electrons. The van der Waals surface area contributed by atoms with Gasteiger partial charge in [-0.15, -0.1) is 11.3 Å². The minimum Gasteiger partial charge on any atom is -0.462 e. The van der Waals surface area contributed by atoms with E-state index in [0.717, 1.165) is 32.7 Å². The van der Waals surface area contributed by atoms with Crippen LogP contribution in [0.25, 0.3) is 22.8 Å². The quantitative estimate of drug-likeness (QED) is 0.461. The van der Waals surface area contributed by atoms with Gasteiger partial charge in [-0.05, 0) is 41.8 Å². The predicted molar refractivity (Wildman–Crippen MR) is 109 cm³/mol.